The van der Waals surface area contributed by atoms with E-state index in [1.807, 2.05) is 0 Å². The summed E-state index contributed by atoms with van der Waals surface area (Å²) in [6, 6.07) is 0. The van der Waals surface area contributed by atoms with Crippen molar-refractivity contribution in [2.24, 2.45) is 0 Å². The molecule has 0 rings (SSSR count). The second kappa shape index (κ2) is 3.92. The van der Waals surface area contributed by atoms with E-state index in [1.165, 1.54) is 3.98 Å². The molecule has 0 saturated carbocycles. The summed E-state index contributed by atoms with van der Waals surface area (Å²) < 4.78 is 3.89. The molecular weight excluding hydrogens is 243 g/mol. The van der Waals surface area contributed by atoms with E-state index in [0.29, 0.717) is 0 Å². The number of rotatable bonds is 1. The molecule has 24 valence electrons. The zero-order valence-corrected chi connectivity index (χ0v) is 7.09. The van der Waals surface area contributed by atoms with Gasteiger partial charge in [-0.3, -0.25) is 0 Å². The van der Waals surface area contributed by atoms with Crippen LogP contribution >= 0.6 is 0 Å². The van der Waals surface area contributed by atoms with Gasteiger partial charge in [-0.1, -0.05) is 0 Å². The summed E-state index contributed by atoms with van der Waals surface area (Å²) in [5.74, 6) is 0. The monoisotopic (exact) mass is 252 g/mol. The van der Waals surface area contributed by atoms with Gasteiger partial charge in [0.25, 0.3) is 0 Å². The average Bonchev–Trinajstić information content (AvgIpc) is 1.37. The Kier molecular flexibility index (Phi) is 4.83. The summed E-state index contributed by atoms with van der Waals surface area (Å²) in [6.45, 7) is 2.27. The first-order chi connectivity index (χ1) is 1.91. The summed E-state index contributed by atoms with van der Waals surface area (Å²) in [4.78, 5) is 0. The van der Waals surface area contributed by atoms with Crippen molar-refractivity contribution < 1.29 is 0 Å². The van der Waals surface area contributed by atoms with Crippen molar-refractivity contribution in [3.05, 3.63) is 0 Å². The van der Waals surface area contributed by atoms with Crippen LogP contribution in [0.5, 0.6) is 0 Å². The third-order valence-electron chi connectivity index (χ3n) is 0.354. The van der Waals surface area contributed by atoms with Crippen molar-refractivity contribution in [3.8, 4) is 0 Å². The summed E-state index contributed by atoms with van der Waals surface area (Å²) >= 11 is 0.0664. The van der Waals surface area contributed by atoms with Crippen LogP contribution < -0.4 is 0 Å². The average molecular weight is 251 g/mol. The zero-order valence-electron chi connectivity index (χ0n) is 3.21. The first-order valence-electron chi connectivity index (χ1n) is 1.56. The van der Waals surface area contributed by atoms with Crippen molar-refractivity contribution in [2.75, 3.05) is 0 Å². The van der Waals surface area contributed by atoms with Crippen LogP contribution in [0.2, 0.25) is 8.46 Å². The molecule has 0 aromatic carbocycles. The molecule has 0 aliphatic heterocycles. The van der Waals surface area contributed by atoms with Crippen LogP contribution in [0.3, 0.4) is 0 Å². The Balaban J connectivity index is 1.97. The second-order valence-electron chi connectivity index (χ2n) is 0.707. The van der Waals surface area contributed by atoms with E-state index in [-0.39, 0.29) is 24.2 Å². The molecule has 0 aromatic rings. The maximum absolute atomic E-state index is 2.38. The van der Waals surface area contributed by atoms with E-state index in [4.69, 9.17) is 0 Å². The molecule has 0 nitrogen and oxygen atoms in total. The van der Waals surface area contributed by atoms with Gasteiger partial charge in [-0.15, -0.1) is 0 Å². The Morgan fingerprint density at radius 1 is 1.75 bits per heavy atom. The Bertz CT molecular complexity index is 5.25. The van der Waals surface area contributed by atoms with Gasteiger partial charge in [0.15, 0.2) is 0 Å². The van der Waals surface area contributed by atoms with Gasteiger partial charge in [-0.05, 0) is 0 Å². The van der Waals surface area contributed by atoms with Crippen molar-refractivity contribution in [2.45, 2.75) is 15.4 Å². The fraction of sp³-hybridized carbons (Fsp3) is 1.00. The molecule has 4 heavy (non-hydrogen) atoms. The quantitative estimate of drug-likeness (QED) is 0.614. The summed E-state index contributed by atoms with van der Waals surface area (Å²) in [5, 5.41) is 0. The molecule has 0 aliphatic rings. The van der Waals surface area contributed by atoms with Crippen molar-refractivity contribution in [1.29, 1.82) is 0 Å². The van der Waals surface area contributed by atoms with Crippen molar-refractivity contribution in [1.82, 2.24) is 0 Å². The van der Waals surface area contributed by atoms with Crippen LogP contribution in [0.4, 0.5) is 0 Å². The second-order valence-corrected chi connectivity index (χ2v) is 6.20. The van der Waals surface area contributed by atoms with Crippen LogP contribution in [0.25, 0.3) is 0 Å². The fourth-order valence-electron chi connectivity index (χ4n) is 0. The zero-order chi connectivity index (χ0) is 3.41. The van der Waals surface area contributed by atoms with Gasteiger partial charge in [0, 0.05) is 0 Å². The first kappa shape index (κ1) is 4.92. The predicted molar refractivity (Wildman–Crippen MR) is 22.1 cm³/mol. The van der Waals surface area contributed by atoms with E-state index in [0.717, 1.165) is 0 Å². The maximum atomic E-state index is 2.38. The van der Waals surface area contributed by atoms with Gasteiger partial charge in [0.1, 0.15) is 0 Å². The van der Waals surface area contributed by atoms with Gasteiger partial charge < -0.3 is 0 Å². The molecular formula is C3H8Pb. The summed E-state index contributed by atoms with van der Waals surface area (Å²) in [5.41, 5.74) is 0. The summed E-state index contributed by atoms with van der Waals surface area (Å²) in [7, 11) is 0. The van der Waals surface area contributed by atoms with E-state index < -0.39 is 0 Å². The summed E-state index contributed by atoms with van der Waals surface area (Å²) in [6.07, 6.45) is 0. The van der Waals surface area contributed by atoms with Crippen LogP contribution in [0.1, 0.15) is 6.92 Å². The molecule has 2 radical (unpaired) electrons. The number of hydrogen-bond acceptors (Lipinski definition) is 0. The molecule has 0 heterocycles. The Morgan fingerprint density at radius 2 is 2.00 bits per heavy atom. The SMILES string of the molecule is C[CH2][Pb][CH3]. The molecule has 0 aliphatic carbocycles. The minimum atomic E-state index is 0.0664. The molecule has 0 atom stereocenters. The Hall–Kier alpha value is 0.922. The van der Waals surface area contributed by atoms with Crippen LogP contribution in [-0.4, -0.2) is 24.2 Å². The van der Waals surface area contributed by atoms with Gasteiger partial charge >= 0.3 is 39.6 Å². The van der Waals surface area contributed by atoms with Gasteiger partial charge in [0.05, 0.1) is 0 Å². The standard InChI is InChI=1S/C2H5.CH3.Pb/c1-2;;/h1H2,2H3;1H3;. The van der Waals surface area contributed by atoms with Gasteiger partial charge in [0.2, 0.25) is 0 Å². The molecule has 0 saturated heterocycles. The third-order valence-corrected chi connectivity index (χ3v) is 3.10. The van der Waals surface area contributed by atoms with Crippen LogP contribution in [0.15, 0.2) is 0 Å². The van der Waals surface area contributed by atoms with E-state index in [9.17, 15) is 0 Å². The van der Waals surface area contributed by atoms with Gasteiger partial charge in [-0.25, -0.2) is 0 Å². The molecule has 1 heteroatoms. The van der Waals surface area contributed by atoms with E-state index in [2.05, 4.69) is 11.4 Å². The van der Waals surface area contributed by atoms with E-state index >= 15 is 0 Å². The molecule has 0 unspecified atom stereocenters. The Labute approximate surface area is 39.8 Å². The fourth-order valence-corrected chi connectivity index (χ4v) is 0. The minimum absolute atomic E-state index is 0.0664. The molecule has 0 bridgehead atoms. The molecule has 0 amide bonds. The normalized spacial score (nSPS) is 7.50. The predicted octanol–water partition coefficient (Wildman–Crippen LogP) is 1.18. The molecule has 0 fully saturated rings. The van der Waals surface area contributed by atoms with Gasteiger partial charge in [-0.2, -0.15) is 0 Å². The van der Waals surface area contributed by atoms with Crippen LogP contribution in [-0.2, 0) is 0 Å². The van der Waals surface area contributed by atoms with E-state index in [1.54, 1.807) is 0 Å². The third kappa shape index (κ3) is 2.92. The number of hydrogen-bond donors (Lipinski definition) is 0. The van der Waals surface area contributed by atoms with Crippen LogP contribution in [0, 0.1) is 0 Å². The molecule has 0 spiro atoms. The van der Waals surface area contributed by atoms with Crippen molar-refractivity contribution in [3.63, 3.8) is 0 Å². The molecule has 0 aromatic heterocycles. The van der Waals surface area contributed by atoms with Crippen molar-refractivity contribution >= 4 is 24.2 Å². The first-order valence-corrected chi connectivity index (χ1v) is 8.20. The topological polar surface area (TPSA) is 0 Å². The Morgan fingerprint density at radius 3 is 2.00 bits per heavy atom. The molecule has 0 N–H and O–H groups in total.